The molecule has 1 aromatic rings. The van der Waals surface area contributed by atoms with E-state index in [1.807, 2.05) is 12.1 Å². The summed E-state index contributed by atoms with van der Waals surface area (Å²) in [4.78, 5) is 2.36. The van der Waals surface area contributed by atoms with Gasteiger partial charge in [-0.25, -0.2) is 0 Å². The summed E-state index contributed by atoms with van der Waals surface area (Å²) >= 11 is 0. The van der Waals surface area contributed by atoms with E-state index in [9.17, 15) is 0 Å². The smallest absolute Gasteiger partial charge is 0.120 e. The van der Waals surface area contributed by atoms with Gasteiger partial charge in [0.05, 0.1) is 12.3 Å². The van der Waals surface area contributed by atoms with Gasteiger partial charge in [-0.1, -0.05) is 13.8 Å². The third-order valence-corrected chi connectivity index (χ3v) is 2.32. The number of hydrogen-bond acceptors (Lipinski definition) is 2. The fourth-order valence-electron chi connectivity index (χ4n) is 1.48. The minimum atomic E-state index is 0.398. The average molecular weight is 167 g/mol. The Bertz CT molecular complexity index is 202. The lowest BCUT2D eigenvalue weighted by Crippen LogP contribution is -2.25. The molecule has 0 N–H and O–H groups in total. The van der Waals surface area contributed by atoms with Gasteiger partial charge in [-0.05, 0) is 32.1 Å². The Hall–Kier alpha value is -0.760. The molecule has 2 heteroatoms. The summed E-state index contributed by atoms with van der Waals surface area (Å²) < 4.78 is 5.34. The third kappa shape index (κ3) is 1.89. The molecule has 1 aromatic heterocycles. The monoisotopic (exact) mass is 167 g/mol. The molecule has 0 spiro atoms. The van der Waals surface area contributed by atoms with Gasteiger partial charge in [-0.2, -0.15) is 0 Å². The van der Waals surface area contributed by atoms with E-state index in [1.165, 1.54) is 0 Å². The van der Waals surface area contributed by atoms with Crippen LogP contribution in [-0.2, 0) is 0 Å². The molecule has 0 aliphatic heterocycles. The predicted molar refractivity (Wildman–Crippen MR) is 50.0 cm³/mol. The van der Waals surface area contributed by atoms with Gasteiger partial charge in [-0.15, -0.1) is 0 Å². The minimum absolute atomic E-state index is 0.398. The van der Waals surface area contributed by atoms with Crippen molar-refractivity contribution in [1.29, 1.82) is 0 Å². The van der Waals surface area contributed by atoms with Crippen LogP contribution >= 0.6 is 0 Å². The molecule has 0 radical (unpaired) electrons. The minimum Gasteiger partial charge on any atom is -0.468 e. The van der Waals surface area contributed by atoms with E-state index in [-0.39, 0.29) is 0 Å². The average Bonchev–Trinajstić information content (AvgIpc) is 2.58. The molecule has 0 saturated carbocycles. The van der Waals surface area contributed by atoms with Crippen molar-refractivity contribution in [2.24, 2.45) is 0 Å². The number of nitrogens with zero attached hydrogens (tertiary/aromatic N) is 1. The Labute approximate surface area is 74.2 Å². The summed E-state index contributed by atoms with van der Waals surface area (Å²) in [5.74, 6) is 1.05. The zero-order chi connectivity index (χ0) is 8.97. The highest BCUT2D eigenvalue weighted by molar-refractivity contribution is 5.03. The molecule has 0 aromatic carbocycles. The molecule has 0 aliphatic rings. The van der Waals surface area contributed by atoms with E-state index in [0.717, 1.165) is 18.8 Å². The van der Waals surface area contributed by atoms with Crippen LogP contribution in [0, 0.1) is 0 Å². The molecule has 0 saturated heterocycles. The topological polar surface area (TPSA) is 16.4 Å². The third-order valence-electron chi connectivity index (χ3n) is 2.32. The molecule has 0 bridgehead atoms. The molecule has 12 heavy (non-hydrogen) atoms. The summed E-state index contributed by atoms with van der Waals surface area (Å²) in [6.07, 6.45) is 1.73. The van der Waals surface area contributed by atoms with Crippen molar-refractivity contribution >= 4 is 0 Å². The Morgan fingerprint density at radius 3 is 2.50 bits per heavy atom. The first-order valence-electron chi connectivity index (χ1n) is 4.57. The van der Waals surface area contributed by atoms with Gasteiger partial charge in [0.2, 0.25) is 0 Å². The lowest BCUT2D eigenvalue weighted by molar-refractivity contribution is 0.208. The second-order valence-corrected chi connectivity index (χ2v) is 2.91. The van der Waals surface area contributed by atoms with Crippen molar-refractivity contribution in [3.63, 3.8) is 0 Å². The number of hydrogen-bond donors (Lipinski definition) is 0. The van der Waals surface area contributed by atoms with Crippen molar-refractivity contribution < 1.29 is 4.42 Å². The zero-order valence-electron chi connectivity index (χ0n) is 8.08. The van der Waals surface area contributed by atoms with Gasteiger partial charge < -0.3 is 4.42 Å². The lowest BCUT2D eigenvalue weighted by atomic mass is 10.2. The molecule has 2 nitrogen and oxygen atoms in total. The molecule has 1 heterocycles. The maximum Gasteiger partial charge on any atom is 0.120 e. The van der Waals surface area contributed by atoms with Crippen LogP contribution in [-0.4, -0.2) is 18.0 Å². The normalized spacial score (nSPS) is 13.7. The van der Waals surface area contributed by atoms with Crippen molar-refractivity contribution in [3.05, 3.63) is 24.2 Å². The molecule has 1 unspecified atom stereocenters. The van der Waals surface area contributed by atoms with Crippen LogP contribution in [0.1, 0.15) is 32.6 Å². The quantitative estimate of drug-likeness (QED) is 0.685. The first kappa shape index (κ1) is 9.33. The zero-order valence-corrected chi connectivity index (χ0v) is 8.08. The maximum absolute atomic E-state index is 5.34. The largest absolute Gasteiger partial charge is 0.468 e. The molecule has 1 rings (SSSR count). The van der Waals surface area contributed by atoms with E-state index in [0.29, 0.717) is 6.04 Å². The molecule has 0 amide bonds. The highest BCUT2D eigenvalue weighted by Gasteiger charge is 2.13. The van der Waals surface area contributed by atoms with Crippen LogP contribution in [0.5, 0.6) is 0 Å². The van der Waals surface area contributed by atoms with Crippen molar-refractivity contribution in [3.8, 4) is 0 Å². The van der Waals surface area contributed by atoms with Gasteiger partial charge in [0, 0.05) is 0 Å². The molecule has 1 atom stereocenters. The van der Waals surface area contributed by atoms with Crippen LogP contribution in [0.4, 0.5) is 0 Å². The molecular weight excluding hydrogens is 150 g/mol. The van der Waals surface area contributed by atoms with Crippen molar-refractivity contribution in [1.82, 2.24) is 4.90 Å². The highest BCUT2D eigenvalue weighted by Crippen LogP contribution is 2.19. The van der Waals surface area contributed by atoms with E-state index in [2.05, 4.69) is 25.7 Å². The molecule has 0 fully saturated rings. The number of furan rings is 1. The first-order valence-corrected chi connectivity index (χ1v) is 4.57. The number of rotatable bonds is 4. The van der Waals surface area contributed by atoms with Gasteiger partial charge >= 0.3 is 0 Å². The van der Waals surface area contributed by atoms with Crippen LogP contribution in [0.3, 0.4) is 0 Å². The molecular formula is C10H17NO. The van der Waals surface area contributed by atoms with Gasteiger partial charge in [0.1, 0.15) is 5.76 Å². The fourth-order valence-corrected chi connectivity index (χ4v) is 1.48. The van der Waals surface area contributed by atoms with Crippen molar-refractivity contribution in [2.45, 2.75) is 26.8 Å². The van der Waals surface area contributed by atoms with Gasteiger partial charge in [0.25, 0.3) is 0 Å². The highest BCUT2D eigenvalue weighted by atomic mass is 16.3. The lowest BCUT2D eigenvalue weighted by Gasteiger charge is -2.24. The van der Waals surface area contributed by atoms with Crippen molar-refractivity contribution in [2.75, 3.05) is 13.1 Å². The Morgan fingerprint density at radius 1 is 1.42 bits per heavy atom. The SMILES string of the molecule is CCN(CC)C(C)c1ccco1. The first-order chi connectivity index (χ1) is 5.79. The standard InChI is InChI=1S/C10H17NO/c1-4-11(5-2)9(3)10-7-6-8-12-10/h6-9H,4-5H2,1-3H3. The molecule has 68 valence electrons. The van der Waals surface area contributed by atoms with E-state index in [1.54, 1.807) is 6.26 Å². The summed E-state index contributed by atoms with van der Waals surface area (Å²) in [5.41, 5.74) is 0. The van der Waals surface area contributed by atoms with Crippen LogP contribution in [0.2, 0.25) is 0 Å². The summed E-state index contributed by atoms with van der Waals surface area (Å²) in [7, 11) is 0. The second-order valence-electron chi connectivity index (χ2n) is 2.91. The van der Waals surface area contributed by atoms with E-state index < -0.39 is 0 Å². The van der Waals surface area contributed by atoms with E-state index >= 15 is 0 Å². The van der Waals surface area contributed by atoms with Gasteiger partial charge in [-0.3, -0.25) is 4.90 Å². The second kappa shape index (κ2) is 4.31. The summed E-state index contributed by atoms with van der Waals surface area (Å²) in [6.45, 7) is 8.65. The molecule has 0 aliphatic carbocycles. The Morgan fingerprint density at radius 2 is 2.08 bits per heavy atom. The van der Waals surface area contributed by atoms with Crippen LogP contribution < -0.4 is 0 Å². The predicted octanol–water partition coefficient (Wildman–Crippen LogP) is 2.68. The van der Waals surface area contributed by atoms with Crippen LogP contribution in [0.25, 0.3) is 0 Å². The van der Waals surface area contributed by atoms with Gasteiger partial charge in [0.15, 0.2) is 0 Å². The van der Waals surface area contributed by atoms with Crippen LogP contribution in [0.15, 0.2) is 22.8 Å². The maximum atomic E-state index is 5.34. The summed E-state index contributed by atoms with van der Waals surface area (Å²) in [6, 6.07) is 4.37. The van der Waals surface area contributed by atoms with E-state index in [4.69, 9.17) is 4.42 Å². The summed E-state index contributed by atoms with van der Waals surface area (Å²) in [5, 5.41) is 0. The Kier molecular flexibility index (Phi) is 3.35. The Balaban J connectivity index is 2.63. The fraction of sp³-hybridized carbons (Fsp3) is 0.600.